The lowest BCUT2D eigenvalue weighted by Gasteiger charge is -2.19. The van der Waals surface area contributed by atoms with Crippen molar-refractivity contribution in [2.24, 2.45) is 0 Å². The van der Waals surface area contributed by atoms with E-state index in [2.05, 4.69) is 5.32 Å². The van der Waals surface area contributed by atoms with Gasteiger partial charge in [-0.1, -0.05) is 19.1 Å². The zero-order valence-electron chi connectivity index (χ0n) is 14.9. The van der Waals surface area contributed by atoms with Crippen molar-refractivity contribution in [3.05, 3.63) is 42.5 Å². The summed E-state index contributed by atoms with van der Waals surface area (Å²) in [5.74, 6) is 2.00. The van der Waals surface area contributed by atoms with E-state index in [1.54, 1.807) is 51.7 Å². The lowest BCUT2D eigenvalue weighted by atomic mass is 10.2. The summed E-state index contributed by atoms with van der Waals surface area (Å²) in [7, 11) is 4.67. The third kappa shape index (κ3) is 4.56. The Morgan fingerprint density at radius 1 is 0.920 bits per heavy atom. The molecule has 0 saturated heterocycles. The molecule has 25 heavy (non-hydrogen) atoms. The molecule has 0 saturated carbocycles. The van der Waals surface area contributed by atoms with Crippen molar-refractivity contribution < 1.29 is 23.7 Å². The van der Waals surface area contributed by atoms with Crippen molar-refractivity contribution in [3.8, 4) is 23.0 Å². The summed E-state index contributed by atoms with van der Waals surface area (Å²) in [6.45, 7) is 1.88. The predicted molar refractivity (Wildman–Crippen MR) is 95.9 cm³/mol. The molecular formula is C19H23NO5. The molecule has 134 valence electrons. The Bertz CT molecular complexity index is 717. The maximum atomic E-state index is 12.6. The summed E-state index contributed by atoms with van der Waals surface area (Å²) in [4.78, 5) is 12.6. The molecule has 2 aromatic carbocycles. The Kier molecular flexibility index (Phi) is 6.51. The average Bonchev–Trinajstić information content (AvgIpc) is 2.66. The van der Waals surface area contributed by atoms with E-state index in [0.29, 0.717) is 35.1 Å². The third-order valence-corrected chi connectivity index (χ3v) is 3.65. The van der Waals surface area contributed by atoms with Crippen molar-refractivity contribution in [3.63, 3.8) is 0 Å². The summed E-state index contributed by atoms with van der Waals surface area (Å²) >= 11 is 0. The van der Waals surface area contributed by atoms with Gasteiger partial charge in [0.25, 0.3) is 5.91 Å². The smallest absolute Gasteiger partial charge is 0.265 e. The number of anilines is 1. The number of para-hydroxylation sites is 2. The molecule has 6 heteroatoms. The van der Waals surface area contributed by atoms with E-state index in [-0.39, 0.29) is 5.91 Å². The molecule has 0 unspecified atom stereocenters. The average molecular weight is 345 g/mol. The molecule has 0 fully saturated rings. The van der Waals surface area contributed by atoms with Crippen LogP contribution in [0.5, 0.6) is 23.0 Å². The molecule has 0 radical (unpaired) electrons. The fourth-order valence-electron chi connectivity index (χ4n) is 2.33. The maximum absolute atomic E-state index is 12.6. The Hall–Kier alpha value is -2.89. The first-order valence-electron chi connectivity index (χ1n) is 7.95. The lowest BCUT2D eigenvalue weighted by Crippen LogP contribution is -2.32. The first-order chi connectivity index (χ1) is 12.1. The van der Waals surface area contributed by atoms with E-state index >= 15 is 0 Å². The number of benzene rings is 2. The highest BCUT2D eigenvalue weighted by Gasteiger charge is 2.20. The Labute approximate surface area is 147 Å². The topological polar surface area (TPSA) is 66.0 Å². The highest BCUT2D eigenvalue weighted by Crippen LogP contribution is 2.30. The Morgan fingerprint density at radius 3 is 2.12 bits per heavy atom. The summed E-state index contributed by atoms with van der Waals surface area (Å²) in [5.41, 5.74) is 0.602. The normalized spacial score (nSPS) is 11.4. The summed E-state index contributed by atoms with van der Waals surface area (Å²) in [6.07, 6.45) is -0.138. The third-order valence-electron chi connectivity index (χ3n) is 3.65. The van der Waals surface area contributed by atoms with Crippen molar-refractivity contribution in [1.29, 1.82) is 0 Å². The van der Waals surface area contributed by atoms with Crippen LogP contribution in [0.1, 0.15) is 13.3 Å². The minimum Gasteiger partial charge on any atom is -0.493 e. The number of methoxy groups -OCH3 is 3. The van der Waals surface area contributed by atoms with Crippen molar-refractivity contribution >= 4 is 11.6 Å². The molecule has 0 aliphatic carbocycles. The second kappa shape index (κ2) is 8.82. The molecule has 0 bridgehead atoms. The zero-order chi connectivity index (χ0) is 18.2. The highest BCUT2D eigenvalue weighted by atomic mass is 16.5. The number of carbonyl (C=O) groups is 1. The van der Waals surface area contributed by atoms with Gasteiger partial charge in [0.15, 0.2) is 29.1 Å². The summed E-state index contributed by atoms with van der Waals surface area (Å²) in [5, 5.41) is 2.84. The Balaban J connectivity index is 2.12. The van der Waals surface area contributed by atoms with E-state index in [1.165, 1.54) is 0 Å². The first kappa shape index (κ1) is 18.4. The molecule has 0 aliphatic heterocycles. The molecule has 1 N–H and O–H groups in total. The quantitative estimate of drug-likeness (QED) is 0.793. The number of carbonyl (C=O) groups excluding carboxylic acids is 1. The summed E-state index contributed by atoms with van der Waals surface area (Å²) < 4.78 is 21.5. The van der Waals surface area contributed by atoms with Gasteiger partial charge in [-0.2, -0.15) is 0 Å². The van der Waals surface area contributed by atoms with E-state index in [1.807, 2.05) is 19.1 Å². The summed E-state index contributed by atoms with van der Waals surface area (Å²) in [6, 6.07) is 12.4. The number of nitrogens with one attached hydrogen (secondary N) is 1. The first-order valence-corrected chi connectivity index (χ1v) is 7.95. The number of hydrogen-bond donors (Lipinski definition) is 1. The molecule has 2 aromatic rings. The molecule has 6 nitrogen and oxygen atoms in total. The minimum absolute atomic E-state index is 0.249. The Morgan fingerprint density at radius 2 is 1.52 bits per heavy atom. The monoisotopic (exact) mass is 345 g/mol. The van der Waals surface area contributed by atoms with Gasteiger partial charge in [-0.3, -0.25) is 4.79 Å². The molecule has 0 spiro atoms. The predicted octanol–water partition coefficient (Wildman–Crippen LogP) is 3.51. The number of rotatable bonds is 8. The molecular weight excluding hydrogens is 322 g/mol. The van der Waals surface area contributed by atoms with Crippen LogP contribution in [0.2, 0.25) is 0 Å². The SMILES string of the molecule is CC[C@@H](Oc1ccccc1OC)C(=O)Nc1ccc(OC)c(OC)c1. The second-order valence-electron chi connectivity index (χ2n) is 5.22. The van der Waals surface area contributed by atoms with Crippen LogP contribution in [0, 0.1) is 0 Å². The molecule has 0 aromatic heterocycles. The highest BCUT2D eigenvalue weighted by molar-refractivity contribution is 5.94. The molecule has 0 aliphatic rings. The second-order valence-corrected chi connectivity index (χ2v) is 5.22. The number of amides is 1. The zero-order valence-corrected chi connectivity index (χ0v) is 14.9. The lowest BCUT2D eigenvalue weighted by molar-refractivity contribution is -0.122. The van der Waals surface area contributed by atoms with Crippen LogP contribution in [0.15, 0.2) is 42.5 Å². The van der Waals surface area contributed by atoms with E-state index in [0.717, 1.165) is 0 Å². The fourth-order valence-corrected chi connectivity index (χ4v) is 2.33. The van der Waals surface area contributed by atoms with E-state index in [4.69, 9.17) is 18.9 Å². The van der Waals surface area contributed by atoms with Crippen LogP contribution in [0.25, 0.3) is 0 Å². The van der Waals surface area contributed by atoms with Crippen LogP contribution in [-0.2, 0) is 4.79 Å². The van der Waals surface area contributed by atoms with E-state index in [9.17, 15) is 4.79 Å². The standard InChI is InChI=1S/C19H23NO5/c1-5-14(25-17-9-7-6-8-15(17)22-2)19(21)20-13-10-11-16(23-3)18(12-13)24-4/h6-12,14H,5H2,1-4H3,(H,20,21)/t14-/m1/s1. The van der Waals surface area contributed by atoms with Gasteiger partial charge in [0.1, 0.15) is 0 Å². The van der Waals surface area contributed by atoms with Crippen LogP contribution in [-0.4, -0.2) is 33.3 Å². The van der Waals surface area contributed by atoms with Crippen molar-refractivity contribution in [2.45, 2.75) is 19.4 Å². The number of ether oxygens (including phenoxy) is 4. The van der Waals surface area contributed by atoms with Gasteiger partial charge in [0.05, 0.1) is 21.3 Å². The van der Waals surface area contributed by atoms with Gasteiger partial charge >= 0.3 is 0 Å². The van der Waals surface area contributed by atoms with Gasteiger partial charge in [-0.15, -0.1) is 0 Å². The van der Waals surface area contributed by atoms with Gasteiger partial charge in [-0.05, 0) is 30.7 Å². The van der Waals surface area contributed by atoms with Gasteiger partial charge in [0.2, 0.25) is 0 Å². The molecule has 1 atom stereocenters. The largest absolute Gasteiger partial charge is 0.493 e. The minimum atomic E-state index is -0.649. The van der Waals surface area contributed by atoms with Crippen molar-refractivity contribution in [2.75, 3.05) is 26.6 Å². The number of hydrogen-bond acceptors (Lipinski definition) is 5. The van der Waals surface area contributed by atoms with Crippen LogP contribution >= 0.6 is 0 Å². The maximum Gasteiger partial charge on any atom is 0.265 e. The van der Waals surface area contributed by atoms with Crippen LogP contribution in [0.4, 0.5) is 5.69 Å². The molecule has 2 rings (SSSR count). The van der Waals surface area contributed by atoms with Crippen LogP contribution < -0.4 is 24.3 Å². The van der Waals surface area contributed by atoms with Crippen molar-refractivity contribution in [1.82, 2.24) is 0 Å². The van der Waals surface area contributed by atoms with Gasteiger partial charge < -0.3 is 24.3 Å². The molecule has 1 amide bonds. The van der Waals surface area contributed by atoms with Gasteiger partial charge in [-0.25, -0.2) is 0 Å². The molecule has 0 heterocycles. The van der Waals surface area contributed by atoms with Crippen LogP contribution in [0.3, 0.4) is 0 Å². The fraction of sp³-hybridized carbons (Fsp3) is 0.316. The van der Waals surface area contributed by atoms with E-state index < -0.39 is 6.10 Å². The van der Waals surface area contributed by atoms with Gasteiger partial charge in [0, 0.05) is 11.8 Å².